The van der Waals surface area contributed by atoms with E-state index in [0.717, 1.165) is 16.0 Å². The molecule has 1 fully saturated rings. The zero-order valence-electron chi connectivity index (χ0n) is 15.6. The molecule has 0 radical (unpaired) electrons. The molecule has 2 amide bonds. The average molecular weight is 431 g/mol. The Morgan fingerprint density at radius 1 is 1.07 bits per heavy atom. The van der Waals surface area contributed by atoms with Gasteiger partial charge in [-0.15, -0.1) is 11.6 Å². The monoisotopic (exact) mass is 430 g/mol. The summed E-state index contributed by atoms with van der Waals surface area (Å²) in [5.74, 6) is -1.37. The lowest BCUT2D eigenvalue weighted by Crippen LogP contribution is -2.68. The van der Waals surface area contributed by atoms with Gasteiger partial charge in [-0.1, -0.05) is 60.7 Å². The van der Waals surface area contributed by atoms with Crippen LogP contribution in [-0.4, -0.2) is 41.6 Å². The van der Waals surface area contributed by atoms with Crippen molar-refractivity contribution in [1.82, 2.24) is 10.2 Å². The van der Waals surface area contributed by atoms with E-state index >= 15 is 0 Å². The Kier molecular flexibility index (Phi) is 4.96. The van der Waals surface area contributed by atoms with Gasteiger partial charge in [-0.05, 0) is 23.6 Å². The van der Waals surface area contributed by atoms with Gasteiger partial charge in [0, 0.05) is 0 Å². The van der Waals surface area contributed by atoms with Gasteiger partial charge in [0.25, 0.3) is 5.91 Å². The van der Waals surface area contributed by atoms with Gasteiger partial charge < -0.3 is 5.32 Å². The topological polar surface area (TPSA) is 83.6 Å². The zero-order chi connectivity index (χ0) is 20.8. The molecule has 6 nitrogen and oxygen atoms in total. The number of benzene rings is 2. The highest BCUT2D eigenvalue weighted by Gasteiger charge is 2.58. The van der Waals surface area contributed by atoms with E-state index in [0.29, 0.717) is 5.57 Å². The first-order valence-electron chi connectivity index (χ1n) is 9.10. The number of carbonyl (C=O) groups excluding carboxylic acids is 2. The molecule has 2 heterocycles. The van der Waals surface area contributed by atoms with Crippen LogP contribution in [0, 0.1) is 0 Å². The van der Waals surface area contributed by atoms with Crippen LogP contribution in [0.25, 0.3) is 0 Å². The molecule has 1 N–H and O–H groups in total. The Bertz CT molecular complexity index is 1060. The Labute approximate surface area is 174 Å². The first-order valence-corrected chi connectivity index (χ1v) is 11.3. The molecular weight excluding hydrogens is 412 g/mol. The summed E-state index contributed by atoms with van der Waals surface area (Å²) in [6, 6.07) is 18.4. The number of hydrogen-bond acceptors (Lipinski definition) is 4. The Balaban J connectivity index is 1.70. The van der Waals surface area contributed by atoms with Gasteiger partial charge >= 0.3 is 0 Å². The fourth-order valence-corrected chi connectivity index (χ4v) is 6.43. The quantitative estimate of drug-likeness (QED) is 0.596. The standard InChI is InChI=1S/C21H19ClN2O4S/c1-13-12-29(27,28)21-16(22)20(26)24(21)18(13)19(25)23-17(14-8-4-2-5-9-14)15-10-6-3-7-11-15/h2-11,16-17,21H,12H2,1H3,(H,23,25)/t16-,21?/m0/s1. The third-order valence-corrected chi connectivity index (χ3v) is 7.79. The number of nitrogens with zero attached hydrogens (tertiary/aromatic N) is 1. The van der Waals surface area contributed by atoms with Crippen LogP contribution in [0.15, 0.2) is 71.9 Å². The second-order valence-corrected chi connectivity index (χ2v) is 9.73. The SMILES string of the molecule is CC1=C(C(=O)NC(c2ccccc2)c2ccccc2)N2C(=O)[C@H](Cl)C2S(=O)(=O)C1. The maximum absolute atomic E-state index is 13.2. The number of sulfone groups is 1. The van der Waals surface area contributed by atoms with Crippen molar-refractivity contribution in [3.63, 3.8) is 0 Å². The number of hydrogen-bond donors (Lipinski definition) is 1. The van der Waals surface area contributed by atoms with Crippen molar-refractivity contribution in [2.24, 2.45) is 0 Å². The minimum absolute atomic E-state index is 0.0728. The maximum atomic E-state index is 13.2. The van der Waals surface area contributed by atoms with Crippen molar-refractivity contribution in [3.8, 4) is 0 Å². The summed E-state index contributed by atoms with van der Waals surface area (Å²) < 4.78 is 24.8. The molecule has 150 valence electrons. The van der Waals surface area contributed by atoms with Crippen LogP contribution in [0.3, 0.4) is 0 Å². The predicted molar refractivity (Wildman–Crippen MR) is 110 cm³/mol. The maximum Gasteiger partial charge on any atom is 0.268 e. The number of alkyl halides is 1. The molecule has 0 aromatic heterocycles. The number of halogens is 1. The number of rotatable bonds is 4. The van der Waals surface area contributed by atoms with E-state index in [2.05, 4.69) is 5.32 Å². The first-order chi connectivity index (χ1) is 13.8. The molecule has 2 aliphatic rings. The zero-order valence-corrected chi connectivity index (χ0v) is 17.2. The van der Waals surface area contributed by atoms with Gasteiger partial charge in [-0.25, -0.2) is 8.42 Å². The fourth-order valence-electron chi connectivity index (χ4n) is 3.82. The summed E-state index contributed by atoms with van der Waals surface area (Å²) in [7, 11) is -3.62. The van der Waals surface area contributed by atoms with Crippen molar-refractivity contribution in [2.75, 3.05) is 5.75 Å². The van der Waals surface area contributed by atoms with Crippen LogP contribution in [0.5, 0.6) is 0 Å². The van der Waals surface area contributed by atoms with E-state index in [-0.39, 0.29) is 11.4 Å². The van der Waals surface area contributed by atoms with Crippen molar-refractivity contribution < 1.29 is 18.0 Å². The lowest BCUT2D eigenvalue weighted by atomic mass is 9.98. The summed E-state index contributed by atoms with van der Waals surface area (Å²) in [6.45, 7) is 1.55. The van der Waals surface area contributed by atoms with Gasteiger partial charge in [-0.3, -0.25) is 14.5 Å². The Hall–Kier alpha value is -2.64. The van der Waals surface area contributed by atoms with Crippen molar-refractivity contribution in [1.29, 1.82) is 0 Å². The number of fused-ring (bicyclic) bond motifs is 1. The summed E-state index contributed by atoms with van der Waals surface area (Å²) in [5.41, 5.74) is 2.14. The third-order valence-electron chi connectivity index (χ3n) is 5.17. The molecule has 0 spiro atoms. The van der Waals surface area contributed by atoms with Crippen LogP contribution >= 0.6 is 11.6 Å². The Morgan fingerprint density at radius 2 is 1.59 bits per heavy atom. The number of carbonyl (C=O) groups is 2. The lowest BCUT2D eigenvalue weighted by Gasteiger charge is -2.47. The molecule has 8 heteroatoms. The second-order valence-electron chi connectivity index (χ2n) is 7.16. The fraction of sp³-hybridized carbons (Fsp3) is 0.238. The highest BCUT2D eigenvalue weighted by molar-refractivity contribution is 7.92. The average Bonchev–Trinajstić information content (AvgIpc) is 2.71. The first kappa shape index (κ1) is 19.7. The van der Waals surface area contributed by atoms with E-state index < -0.39 is 38.4 Å². The van der Waals surface area contributed by atoms with E-state index in [1.165, 1.54) is 0 Å². The molecule has 29 heavy (non-hydrogen) atoms. The van der Waals surface area contributed by atoms with Gasteiger partial charge in [-0.2, -0.15) is 0 Å². The molecule has 0 bridgehead atoms. The molecule has 0 aliphatic carbocycles. The van der Waals surface area contributed by atoms with Crippen molar-refractivity contribution >= 4 is 33.3 Å². The van der Waals surface area contributed by atoms with E-state index in [1.54, 1.807) is 6.92 Å². The van der Waals surface area contributed by atoms with Gasteiger partial charge in [0.2, 0.25) is 5.91 Å². The largest absolute Gasteiger partial charge is 0.340 e. The molecule has 2 aliphatic heterocycles. The molecule has 0 saturated carbocycles. The van der Waals surface area contributed by atoms with E-state index in [4.69, 9.17) is 11.6 Å². The van der Waals surface area contributed by atoms with Crippen LogP contribution in [-0.2, 0) is 19.4 Å². The van der Waals surface area contributed by atoms with Gasteiger partial charge in [0.1, 0.15) is 11.1 Å². The molecule has 4 rings (SSSR count). The third kappa shape index (κ3) is 3.34. The van der Waals surface area contributed by atoms with E-state index in [9.17, 15) is 18.0 Å². The smallest absolute Gasteiger partial charge is 0.268 e. The predicted octanol–water partition coefficient (Wildman–Crippen LogP) is 2.37. The minimum atomic E-state index is -3.62. The summed E-state index contributed by atoms with van der Waals surface area (Å²) >= 11 is 5.95. The second kappa shape index (κ2) is 7.31. The molecular formula is C21H19ClN2O4S. The summed E-state index contributed by atoms with van der Waals surface area (Å²) in [6.07, 6.45) is 0. The summed E-state index contributed by atoms with van der Waals surface area (Å²) in [5, 5.41) is 0.624. The molecule has 1 unspecified atom stereocenters. The van der Waals surface area contributed by atoms with Crippen LogP contribution in [0.2, 0.25) is 0 Å². The van der Waals surface area contributed by atoms with Gasteiger partial charge in [0.05, 0.1) is 11.8 Å². The number of amides is 2. The van der Waals surface area contributed by atoms with Crippen LogP contribution in [0.4, 0.5) is 0 Å². The van der Waals surface area contributed by atoms with Crippen molar-refractivity contribution in [2.45, 2.75) is 23.7 Å². The number of β-lactam (4-membered cyclic amide) rings is 1. The lowest BCUT2D eigenvalue weighted by molar-refractivity contribution is -0.141. The van der Waals surface area contributed by atoms with E-state index in [1.807, 2.05) is 60.7 Å². The summed E-state index contributed by atoms with van der Waals surface area (Å²) in [4.78, 5) is 26.5. The molecule has 2 aromatic carbocycles. The van der Waals surface area contributed by atoms with Gasteiger partial charge in [0.15, 0.2) is 15.2 Å². The normalized spacial score (nSPS) is 22.9. The Morgan fingerprint density at radius 3 is 2.10 bits per heavy atom. The van der Waals surface area contributed by atoms with Crippen LogP contribution in [0.1, 0.15) is 24.1 Å². The highest BCUT2D eigenvalue weighted by atomic mass is 35.5. The van der Waals surface area contributed by atoms with Crippen molar-refractivity contribution in [3.05, 3.63) is 83.1 Å². The van der Waals surface area contributed by atoms with Crippen LogP contribution < -0.4 is 5.32 Å². The highest BCUT2D eigenvalue weighted by Crippen LogP contribution is 2.39. The molecule has 2 aromatic rings. The number of nitrogens with one attached hydrogen (secondary N) is 1. The molecule has 1 saturated heterocycles. The minimum Gasteiger partial charge on any atom is -0.340 e. The molecule has 2 atom stereocenters.